The van der Waals surface area contributed by atoms with Gasteiger partial charge in [0.25, 0.3) is 0 Å². The van der Waals surface area contributed by atoms with E-state index in [0.717, 1.165) is 32.2 Å². The van der Waals surface area contributed by atoms with Gasteiger partial charge in [0.1, 0.15) is 5.75 Å². The van der Waals surface area contributed by atoms with Crippen molar-refractivity contribution in [2.75, 3.05) is 19.6 Å². The predicted molar refractivity (Wildman–Crippen MR) is 138 cm³/mol. The molecule has 2 amide bonds. The molecule has 1 aromatic heterocycles. The second kappa shape index (κ2) is 11.4. The van der Waals surface area contributed by atoms with Gasteiger partial charge < -0.3 is 15.4 Å². The summed E-state index contributed by atoms with van der Waals surface area (Å²) < 4.78 is 5.33. The van der Waals surface area contributed by atoms with Gasteiger partial charge in [0, 0.05) is 43.5 Å². The van der Waals surface area contributed by atoms with Crippen LogP contribution in [0.2, 0.25) is 0 Å². The summed E-state index contributed by atoms with van der Waals surface area (Å²) in [6, 6.07) is 21.7. The van der Waals surface area contributed by atoms with E-state index in [-0.39, 0.29) is 23.9 Å². The van der Waals surface area contributed by atoms with Crippen LogP contribution in [0.3, 0.4) is 0 Å². The molecular formula is C29H32N4O3. The van der Waals surface area contributed by atoms with E-state index in [1.807, 2.05) is 30.5 Å². The second-order valence-corrected chi connectivity index (χ2v) is 9.65. The molecule has 2 aliphatic rings. The third-order valence-corrected chi connectivity index (χ3v) is 7.11. The number of aryl methyl sites for hydroxylation is 1. The maximum atomic E-state index is 13.1. The van der Waals surface area contributed by atoms with Crippen LogP contribution in [-0.4, -0.2) is 53.6 Å². The zero-order valence-corrected chi connectivity index (χ0v) is 20.3. The van der Waals surface area contributed by atoms with Crippen molar-refractivity contribution in [3.63, 3.8) is 0 Å². The van der Waals surface area contributed by atoms with Gasteiger partial charge >= 0.3 is 6.09 Å². The van der Waals surface area contributed by atoms with E-state index in [1.165, 1.54) is 16.7 Å². The lowest BCUT2D eigenvalue weighted by molar-refractivity contribution is -0.123. The Morgan fingerprint density at radius 1 is 0.972 bits per heavy atom. The standard InChI is InChI=1S/C29H32N4O3/c34-28(20-33-16-14-23(19-33)31-29(35)36-24-9-2-1-3-10-24)32-27-13-12-22-8-4-5-11-25(22)26(27)17-21-7-6-15-30-18-21/h1-11,15,18,23,26-27H,12-14,16-17,19-20H2,(H,31,35)(H,32,34)/t23?,26-,27+/m0/s1. The van der Waals surface area contributed by atoms with E-state index in [1.54, 1.807) is 18.3 Å². The maximum absolute atomic E-state index is 13.1. The van der Waals surface area contributed by atoms with E-state index in [9.17, 15) is 9.59 Å². The van der Waals surface area contributed by atoms with Gasteiger partial charge in [0.2, 0.25) is 5.91 Å². The zero-order valence-electron chi connectivity index (χ0n) is 20.3. The summed E-state index contributed by atoms with van der Waals surface area (Å²) in [5.74, 6) is 0.756. The highest BCUT2D eigenvalue weighted by molar-refractivity contribution is 5.78. The Hall–Kier alpha value is -3.71. The smallest absolute Gasteiger partial charge is 0.410 e. The first kappa shape index (κ1) is 24.0. The topological polar surface area (TPSA) is 83.6 Å². The monoisotopic (exact) mass is 484 g/mol. The molecule has 1 saturated heterocycles. The summed E-state index contributed by atoms with van der Waals surface area (Å²) in [7, 11) is 0. The number of nitrogens with one attached hydrogen (secondary N) is 2. The number of likely N-dealkylation sites (tertiary alicyclic amines) is 1. The van der Waals surface area contributed by atoms with Gasteiger partial charge in [-0.15, -0.1) is 0 Å². The number of hydrogen-bond acceptors (Lipinski definition) is 5. The van der Waals surface area contributed by atoms with Crippen molar-refractivity contribution in [2.45, 2.75) is 43.7 Å². The fourth-order valence-corrected chi connectivity index (χ4v) is 5.39. The molecule has 1 fully saturated rings. The lowest BCUT2D eigenvalue weighted by Crippen LogP contribution is -2.47. The Morgan fingerprint density at radius 2 is 1.81 bits per heavy atom. The Bertz CT molecular complexity index is 1170. The molecule has 2 heterocycles. The number of benzene rings is 2. The van der Waals surface area contributed by atoms with E-state index in [4.69, 9.17) is 4.74 Å². The molecule has 1 aliphatic carbocycles. The van der Waals surface area contributed by atoms with E-state index in [2.05, 4.69) is 50.8 Å². The second-order valence-electron chi connectivity index (χ2n) is 9.65. The van der Waals surface area contributed by atoms with Crippen LogP contribution in [-0.2, 0) is 17.6 Å². The molecule has 7 heteroatoms. The van der Waals surface area contributed by atoms with Crippen molar-refractivity contribution >= 4 is 12.0 Å². The summed E-state index contributed by atoms with van der Waals surface area (Å²) >= 11 is 0. The minimum absolute atomic E-state index is 0.0306. The summed E-state index contributed by atoms with van der Waals surface area (Å²) in [5.41, 5.74) is 3.86. The van der Waals surface area contributed by atoms with Crippen LogP contribution in [0.1, 0.15) is 35.4 Å². The molecule has 36 heavy (non-hydrogen) atoms. The minimum Gasteiger partial charge on any atom is -0.410 e. The van der Waals surface area contributed by atoms with Crippen molar-refractivity contribution in [2.24, 2.45) is 0 Å². The number of amides is 2. The molecule has 2 N–H and O–H groups in total. The first-order valence-corrected chi connectivity index (χ1v) is 12.7. The van der Waals surface area contributed by atoms with Crippen LogP contribution in [0.5, 0.6) is 5.75 Å². The quantitative estimate of drug-likeness (QED) is 0.534. The van der Waals surface area contributed by atoms with Gasteiger partial charge in [0.05, 0.1) is 6.54 Å². The fraction of sp³-hybridized carbons (Fsp3) is 0.345. The number of aromatic nitrogens is 1. The number of carbonyl (C=O) groups excluding carboxylic acids is 2. The van der Waals surface area contributed by atoms with Crippen LogP contribution in [0.25, 0.3) is 0 Å². The van der Waals surface area contributed by atoms with Crippen LogP contribution >= 0.6 is 0 Å². The van der Waals surface area contributed by atoms with Gasteiger partial charge in [-0.3, -0.25) is 14.7 Å². The zero-order chi connectivity index (χ0) is 24.7. The Morgan fingerprint density at radius 3 is 2.64 bits per heavy atom. The first-order valence-electron chi connectivity index (χ1n) is 12.7. The molecular weight excluding hydrogens is 452 g/mol. The molecule has 186 valence electrons. The third-order valence-electron chi connectivity index (χ3n) is 7.11. The molecule has 1 unspecified atom stereocenters. The van der Waals surface area contributed by atoms with Crippen LogP contribution in [0, 0.1) is 0 Å². The SMILES string of the molecule is O=C(CN1CCC(NC(=O)Oc2ccccc2)C1)N[C@@H]1CCc2ccccc2[C@@H]1Cc1cccnc1. The third kappa shape index (κ3) is 6.10. The number of rotatable bonds is 7. The summed E-state index contributed by atoms with van der Waals surface area (Å²) in [4.78, 5) is 31.7. The van der Waals surface area contributed by atoms with Crippen molar-refractivity contribution in [3.8, 4) is 5.75 Å². The lowest BCUT2D eigenvalue weighted by atomic mass is 9.76. The Balaban J connectivity index is 1.15. The highest BCUT2D eigenvalue weighted by atomic mass is 16.6. The van der Waals surface area contributed by atoms with E-state index in [0.29, 0.717) is 18.8 Å². The van der Waals surface area contributed by atoms with Gasteiger partial charge in [-0.1, -0.05) is 48.5 Å². The van der Waals surface area contributed by atoms with Crippen molar-refractivity contribution in [1.82, 2.24) is 20.5 Å². The number of pyridine rings is 1. The molecule has 3 aromatic rings. The molecule has 5 rings (SSSR count). The van der Waals surface area contributed by atoms with Gasteiger partial charge in [0.15, 0.2) is 0 Å². The highest BCUT2D eigenvalue weighted by Gasteiger charge is 2.32. The molecule has 0 radical (unpaired) electrons. The summed E-state index contributed by atoms with van der Waals surface area (Å²) in [6.45, 7) is 1.71. The molecule has 0 spiro atoms. The number of nitrogens with zero attached hydrogens (tertiary/aromatic N) is 2. The molecule has 7 nitrogen and oxygen atoms in total. The van der Waals surface area contributed by atoms with Crippen molar-refractivity contribution < 1.29 is 14.3 Å². The van der Waals surface area contributed by atoms with Gasteiger partial charge in [-0.05, 0) is 60.6 Å². The lowest BCUT2D eigenvalue weighted by Gasteiger charge is -2.35. The van der Waals surface area contributed by atoms with Crippen LogP contribution < -0.4 is 15.4 Å². The number of para-hydroxylation sites is 1. The van der Waals surface area contributed by atoms with Crippen molar-refractivity contribution in [1.29, 1.82) is 0 Å². The number of fused-ring (bicyclic) bond motifs is 1. The largest absolute Gasteiger partial charge is 0.412 e. The average molecular weight is 485 g/mol. The normalized spacial score (nSPS) is 21.4. The molecule has 3 atom stereocenters. The Kier molecular flexibility index (Phi) is 7.57. The number of hydrogen-bond donors (Lipinski definition) is 2. The van der Waals surface area contributed by atoms with Crippen LogP contribution in [0.15, 0.2) is 79.1 Å². The molecule has 0 saturated carbocycles. The van der Waals surface area contributed by atoms with Crippen molar-refractivity contribution in [3.05, 3.63) is 95.8 Å². The first-order chi connectivity index (χ1) is 17.6. The molecule has 1 aliphatic heterocycles. The predicted octanol–water partition coefficient (Wildman–Crippen LogP) is 3.70. The highest BCUT2D eigenvalue weighted by Crippen LogP contribution is 2.34. The van der Waals surface area contributed by atoms with E-state index >= 15 is 0 Å². The molecule has 0 bridgehead atoms. The number of ether oxygens (including phenoxy) is 1. The van der Waals surface area contributed by atoms with Crippen LogP contribution in [0.4, 0.5) is 4.79 Å². The minimum atomic E-state index is -0.461. The fourth-order valence-electron chi connectivity index (χ4n) is 5.39. The van der Waals surface area contributed by atoms with E-state index < -0.39 is 6.09 Å². The summed E-state index contributed by atoms with van der Waals surface area (Å²) in [5, 5.41) is 6.25. The van der Waals surface area contributed by atoms with Gasteiger partial charge in [-0.2, -0.15) is 0 Å². The number of carbonyl (C=O) groups is 2. The maximum Gasteiger partial charge on any atom is 0.412 e. The average Bonchev–Trinajstić information content (AvgIpc) is 3.32. The summed E-state index contributed by atoms with van der Waals surface area (Å²) in [6.07, 6.45) is 6.75. The molecule has 2 aromatic carbocycles. The van der Waals surface area contributed by atoms with Gasteiger partial charge in [-0.25, -0.2) is 4.79 Å². The Labute approximate surface area is 211 Å².